The van der Waals surface area contributed by atoms with Crippen LogP contribution in [0.4, 0.5) is 11.4 Å². The molecule has 0 atom stereocenters. The van der Waals surface area contributed by atoms with E-state index in [0.717, 1.165) is 0 Å². The molecule has 2 amide bonds. The second-order valence-corrected chi connectivity index (χ2v) is 5.87. The summed E-state index contributed by atoms with van der Waals surface area (Å²) in [6, 6.07) is 8.23. The minimum absolute atomic E-state index is 0.0108. The minimum Gasteiger partial charge on any atom is -0.478 e. The lowest BCUT2D eigenvalue weighted by Crippen LogP contribution is -2.19. The highest BCUT2D eigenvalue weighted by Gasteiger charge is 2.11. The van der Waals surface area contributed by atoms with Crippen LogP contribution in [-0.2, 0) is 17.9 Å². The first-order chi connectivity index (χ1) is 13.4. The summed E-state index contributed by atoms with van der Waals surface area (Å²) in [7, 11) is 0. The Labute approximate surface area is 159 Å². The Morgan fingerprint density at radius 2 is 1.71 bits per heavy atom. The molecular formula is C18H18N6O4. The Balaban J connectivity index is 1.55. The molecule has 3 N–H and O–H groups in total. The molecule has 3 aromatic rings. The quantitative estimate of drug-likeness (QED) is 0.570. The molecule has 0 spiro atoms. The summed E-state index contributed by atoms with van der Waals surface area (Å²) in [5, 5.41) is 22.2. The van der Waals surface area contributed by atoms with Crippen molar-refractivity contribution in [2.75, 3.05) is 10.6 Å². The average Bonchev–Trinajstić information content (AvgIpc) is 3.32. The molecule has 0 aliphatic carbocycles. The summed E-state index contributed by atoms with van der Waals surface area (Å²) < 4.78 is 2.90. The molecule has 10 heteroatoms. The molecule has 2 heterocycles. The molecule has 0 unspecified atom stereocenters. The largest absolute Gasteiger partial charge is 0.478 e. The Morgan fingerprint density at radius 3 is 2.29 bits per heavy atom. The highest BCUT2D eigenvalue weighted by molar-refractivity contribution is 6.03. The van der Waals surface area contributed by atoms with E-state index in [2.05, 4.69) is 20.8 Å². The molecule has 0 aliphatic heterocycles. The molecule has 3 rings (SSSR count). The Bertz CT molecular complexity index is 1010. The van der Waals surface area contributed by atoms with Gasteiger partial charge in [-0.15, -0.1) is 0 Å². The number of aromatic carboxylic acids is 1. The minimum atomic E-state index is -1.11. The zero-order chi connectivity index (χ0) is 20.1. The van der Waals surface area contributed by atoms with Crippen molar-refractivity contribution in [1.82, 2.24) is 19.6 Å². The number of rotatable bonds is 7. The number of aryl methyl sites for hydroxylation is 1. The van der Waals surface area contributed by atoms with Gasteiger partial charge < -0.3 is 15.7 Å². The molecule has 28 heavy (non-hydrogen) atoms. The Kier molecular flexibility index (Phi) is 5.49. The third-order valence-corrected chi connectivity index (χ3v) is 3.81. The third kappa shape index (κ3) is 4.61. The molecule has 0 saturated carbocycles. The van der Waals surface area contributed by atoms with Gasteiger partial charge in [0.1, 0.15) is 6.54 Å². The number of nitrogens with one attached hydrogen (secondary N) is 2. The summed E-state index contributed by atoms with van der Waals surface area (Å²) in [5.41, 5.74) is 1.42. The molecule has 0 fully saturated rings. The summed E-state index contributed by atoms with van der Waals surface area (Å²) in [6.45, 7) is 2.49. The predicted octanol–water partition coefficient (Wildman–Crippen LogP) is 1.69. The van der Waals surface area contributed by atoms with E-state index in [9.17, 15) is 14.4 Å². The zero-order valence-corrected chi connectivity index (χ0v) is 15.0. The number of carboxylic acids is 1. The lowest BCUT2D eigenvalue weighted by molar-refractivity contribution is -0.116. The van der Waals surface area contributed by atoms with Gasteiger partial charge >= 0.3 is 5.97 Å². The van der Waals surface area contributed by atoms with Crippen molar-refractivity contribution in [3.8, 4) is 0 Å². The summed E-state index contributed by atoms with van der Waals surface area (Å²) in [6.07, 6.45) is 4.18. The van der Waals surface area contributed by atoms with Gasteiger partial charge in [0.15, 0.2) is 5.69 Å². The highest BCUT2D eigenvalue weighted by atomic mass is 16.4. The lowest BCUT2D eigenvalue weighted by atomic mass is 10.2. The number of hydrogen-bond acceptors (Lipinski definition) is 5. The first-order valence-corrected chi connectivity index (χ1v) is 8.45. The van der Waals surface area contributed by atoms with E-state index in [1.165, 1.54) is 17.1 Å². The smallest absolute Gasteiger partial charge is 0.338 e. The number of hydrogen-bond donors (Lipinski definition) is 3. The molecule has 0 aliphatic rings. The fraction of sp³-hybridized carbons (Fsp3) is 0.167. The second-order valence-electron chi connectivity index (χ2n) is 5.87. The van der Waals surface area contributed by atoms with Crippen LogP contribution in [0.1, 0.15) is 27.8 Å². The van der Waals surface area contributed by atoms with Gasteiger partial charge in [-0.05, 0) is 37.3 Å². The van der Waals surface area contributed by atoms with Crippen molar-refractivity contribution in [2.45, 2.75) is 20.0 Å². The maximum Gasteiger partial charge on any atom is 0.338 e. The number of carbonyl (C=O) groups excluding carboxylic acids is 2. The first kappa shape index (κ1) is 18.8. The Morgan fingerprint density at radius 1 is 1.04 bits per heavy atom. The SMILES string of the molecule is CCn1ccc(C(=O)Nc2ccc(NC(=O)Cn3cc(C(=O)O)cn3)cc2)n1. The second kappa shape index (κ2) is 8.16. The lowest BCUT2D eigenvalue weighted by Gasteiger charge is -2.07. The maximum absolute atomic E-state index is 12.2. The molecule has 144 valence electrons. The molecule has 1 aromatic carbocycles. The monoisotopic (exact) mass is 382 g/mol. The van der Waals surface area contributed by atoms with Gasteiger partial charge in [0.05, 0.1) is 11.8 Å². The number of anilines is 2. The van der Waals surface area contributed by atoms with E-state index < -0.39 is 5.97 Å². The van der Waals surface area contributed by atoms with Gasteiger partial charge in [-0.2, -0.15) is 10.2 Å². The normalized spacial score (nSPS) is 10.5. The average molecular weight is 382 g/mol. The Hall–Kier alpha value is -3.95. The molecule has 0 bridgehead atoms. The van der Waals surface area contributed by atoms with Crippen molar-refractivity contribution < 1.29 is 19.5 Å². The van der Waals surface area contributed by atoms with Crippen LogP contribution in [0, 0.1) is 0 Å². The van der Waals surface area contributed by atoms with Crippen LogP contribution in [0.5, 0.6) is 0 Å². The number of carbonyl (C=O) groups is 3. The van der Waals surface area contributed by atoms with E-state index in [4.69, 9.17) is 5.11 Å². The summed E-state index contributed by atoms with van der Waals surface area (Å²) in [4.78, 5) is 35.0. The fourth-order valence-electron chi connectivity index (χ4n) is 2.40. The molecular weight excluding hydrogens is 364 g/mol. The summed E-state index contributed by atoms with van der Waals surface area (Å²) >= 11 is 0. The molecule has 0 saturated heterocycles. The van der Waals surface area contributed by atoms with Gasteiger partial charge in [-0.25, -0.2) is 4.79 Å². The topological polar surface area (TPSA) is 131 Å². The number of amides is 2. The first-order valence-electron chi connectivity index (χ1n) is 8.45. The van der Waals surface area contributed by atoms with Crippen LogP contribution in [0.3, 0.4) is 0 Å². The maximum atomic E-state index is 12.2. The molecule has 10 nitrogen and oxygen atoms in total. The number of nitrogens with zero attached hydrogens (tertiary/aromatic N) is 4. The van der Waals surface area contributed by atoms with Crippen molar-refractivity contribution in [2.24, 2.45) is 0 Å². The fourth-order valence-corrected chi connectivity index (χ4v) is 2.40. The van der Waals surface area contributed by atoms with Gasteiger partial charge in [0.2, 0.25) is 5.91 Å². The van der Waals surface area contributed by atoms with Crippen molar-refractivity contribution in [1.29, 1.82) is 0 Å². The van der Waals surface area contributed by atoms with Crippen molar-refractivity contribution >= 4 is 29.2 Å². The third-order valence-electron chi connectivity index (χ3n) is 3.81. The van der Waals surface area contributed by atoms with Crippen molar-refractivity contribution in [3.63, 3.8) is 0 Å². The van der Waals surface area contributed by atoms with Crippen molar-refractivity contribution in [3.05, 3.63) is 60.2 Å². The van der Waals surface area contributed by atoms with E-state index >= 15 is 0 Å². The van der Waals surface area contributed by atoms with Gasteiger partial charge in [0, 0.05) is 30.3 Å². The molecule has 0 radical (unpaired) electrons. The highest BCUT2D eigenvalue weighted by Crippen LogP contribution is 2.14. The number of benzene rings is 1. The zero-order valence-electron chi connectivity index (χ0n) is 15.0. The van der Waals surface area contributed by atoms with E-state index in [-0.39, 0.29) is 23.9 Å². The van der Waals surface area contributed by atoms with Gasteiger partial charge in [-0.1, -0.05) is 0 Å². The van der Waals surface area contributed by atoms with E-state index in [0.29, 0.717) is 23.6 Å². The predicted molar refractivity (Wildman–Crippen MR) is 100 cm³/mol. The van der Waals surface area contributed by atoms with Crippen LogP contribution >= 0.6 is 0 Å². The van der Waals surface area contributed by atoms with Crippen LogP contribution < -0.4 is 10.6 Å². The van der Waals surface area contributed by atoms with E-state index in [1.807, 2.05) is 6.92 Å². The van der Waals surface area contributed by atoms with E-state index in [1.54, 1.807) is 41.2 Å². The number of aromatic nitrogens is 4. The summed E-state index contributed by atoms with van der Waals surface area (Å²) in [5.74, 6) is -1.79. The standard InChI is InChI=1S/C18H18N6O4/c1-2-23-8-7-15(22-23)17(26)21-14-5-3-13(4-6-14)20-16(25)11-24-10-12(9-19-24)18(27)28/h3-10H,2,11H2,1H3,(H,20,25)(H,21,26)(H,27,28). The van der Waals surface area contributed by atoms with Crippen LogP contribution in [0.25, 0.3) is 0 Å². The van der Waals surface area contributed by atoms with Crippen LogP contribution in [0.2, 0.25) is 0 Å². The van der Waals surface area contributed by atoms with Crippen LogP contribution in [-0.4, -0.2) is 42.5 Å². The van der Waals surface area contributed by atoms with Gasteiger partial charge in [-0.3, -0.25) is 19.0 Å². The van der Waals surface area contributed by atoms with Crippen LogP contribution in [0.15, 0.2) is 48.9 Å². The van der Waals surface area contributed by atoms with Gasteiger partial charge in [0.25, 0.3) is 5.91 Å². The molecule has 2 aromatic heterocycles. The number of carboxylic acid groups (broad SMARTS) is 1.